The summed E-state index contributed by atoms with van der Waals surface area (Å²) in [6.07, 6.45) is 11.3. The predicted octanol–water partition coefficient (Wildman–Crippen LogP) is 5.75. The Morgan fingerprint density at radius 3 is 2.33 bits per heavy atom. The number of hydrogen-bond donors (Lipinski definition) is 1. The average Bonchev–Trinajstić information content (AvgIpc) is 2.49. The molecule has 2 N–H and O–H groups in total. The van der Waals surface area contributed by atoms with Gasteiger partial charge in [0.15, 0.2) is 0 Å². The Kier molecular flexibility index (Phi) is 4.61. The minimum absolute atomic E-state index is 0.137. The quantitative estimate of drug-likeness (QED) is 0.739. The number of halogens is 1. The molecule has 1 aromatic carbocycles. The van der Waals surface area contributed by atoms with Gasteiger partial charge in [-0.05, 0) is 54.7 Å². The zero-order chi connectivity index (χ0) is 14.9. The lowest BCUT2D eigenvalue weighted by Crippen LogP contribution is -2.38. The highest BCUT2D eigenvalue weighted by Crippen LogP contribution is 2.41. The summed E-state index contributed by atoms with van der Waals surface area (Å²) < 4.78 is 0. The number of benzene rings is 1. The van der Waals surface area contributed by atoms with Gasteiger partial charge in [0.2, 0.25) is 0 Å². The van der Waals surface area contributed by atoms with Crippen molar-refractivity contribution in [2.45, 2.75) is 76.2 Å². The van der Waals surface area contributed by atoms with E-state index in [1.54, 1.807) is 0 Å². The molecule has 2 heteroatoms. The van der Waals surface area contributed by atoms with Crippen molar-refractivity contribution in [2.24, 2.45) is 11.7 Å². The van der Waals surface area contributed by atoms with E-state index in [9.17, 15) is 0 Å². The van der Waals surface area contributed by atoms with Gasteiger partial charge in [0.05, 0.1) is 0 Å². The van der Waals surface area contributed by atoms with E-state index in [0.717, 1.165) is 23.8 Å². The summed E-state index contributed by atoms with van der Waals surface area (Å²) in [5, 5.41) is 0.947. The molecule has 2 saturated carbocycles. The third-order valence-corrected chi connectivity index (χ3v) is 6.10. The molecule has 1 nitrogen and oxygen atoms in total. The summed E-state index contributed by atoms with van der Waals surface area (Å²) in [6.45, 7) is 2.36. The van der Waals surface area contributed by atoms with Crippen molar-refractivity contribution in [3.05, 3.63) is 34.3 Å². The summed E-state index contributed by atoms with van der Waals surface area (Å²) in [6, 6.07) is 6.69. The van der Waals surface area contributed by atoms with Gasteiger partial charge in [-0.3, -0.25) is 0 Å². The summed E-state index contributed by atoms with van der Waals surface area (Å²) in [4.78, 5) is 0. The van der Waals surface area contributed by atoms with E-state index < -0.39 is 0 Å². The second kappa shape index (κ2) is 6.30. The van der Waals surface area contributed by atoms with E-state index in [2.05, 4.69) is 25.1 Å². The van der Waals surface area contributed by atoms with Crippen LogP contribution in [0.25, 0.3) is 0 Å². The van der Waals surface area contributed by atoms with Crippen molar-refractivity contribution < 1.29 is 0 Å². The number of hydrogen-bond acceptors (Lipinski definition) is 1. The summed E-state index contributed by atoms with van der Waals surface area (Å²) in [5.74, 6) is 1.54. The van der Waals surface area contributed by atoms with Crippen LogP contribution in [0.4, 0.5) is 0 Å². The standard InChI is InChI=1S/C19H28ClN/c1-14-5-7-15(8-6-14)17-10-9-16(13-18(17)20)19(21)11-3-2-4-12-19/h9-10,13-15H,2-8,11-12,21H2,1H3. The zero-order valence-corrected chi connectivity index (χ0v) is 14.0. The smallest absolute Gasteiger partial charge is 0.0444 e. The van der Waals surface area contributed by atoms with Crippen molar-refractivity contribution >= 4 is 11.6 Å². The van der Waals surface area contributed by atoms with Crippen LogP contribution in [-0.4, -0.2) is 0 Å². The van der Waals surface area contributed by atoms with Crippen molar-refractivity contribution in [2.75, 3.05) is 0 Å². The Morgan fingerprint density at radius 2 is 1.71 bits per heavy atom. The van der Waals surface area contributed by atoms with Crippen LogP contribution in [0.2, 0.25) is 5.02 Å². The van der Waals surface area contributed by atoms with Crippen molar-refractivity contribution in [1.29, 1.82) is 0 Å². The molecular weight excluding hydrogens is 278 g/mol. The Hall–Kier alpha value is -0.530. The fourth-order valence-corrected chi connectivity index (χ4v) is 4.55. The monoisotopic (exact) mass is 305 g/mol. The molecule has 116 valence electrons. The molecule has 2 fully saturated rings. The second-order valence-electron chi connectivity index (χ2n) is 7.41. The molecular formula is C19H28ClN. The normalized spacial score (nSPS) is 29.3. The molecule has 0 bridgehead atoms. The van der Waals surface area contributed by atoms with Gasteiger partial charge in [0.25, 0.3) is 0 Å². The molecule has 0 saturated heterocycles. The lowest BCUT2D eigenvalue weighted by atomic mass is 9.76. The molecule has 1 aromatic rings. The van der Waals surface area contributed by atoms with Gasteiger partial charge in [-0.1, -0.05) is 62.8 Å². The summed E-state index contributed by atoms with van der Waals surface area (Å²) in [7, 11) is 0. The van der Waals surface area contributed by atoms with E-state index in [1.165, 1.54) is 56.1 Å². The SMILES string of the molecule is CC1CCC(c2ccc(C3(N)CCCCC3)cc2Cl)CC1. The first-order valence-electron chi connectivity index (χ1n) is 8.67. The van der Waals surface area contributed by atoms with Crippen molar-refractivity contribution in [3.63, 3.8) is 0 Å². The maximum absolute atomic E-state index is 6.64. The number of rotatable bonds is 2. The first-order valence-corrected chi connectivity index (χ1v) is 9.05. The van der Waals surface area contributed by atoms with Crippen LogP contribution in [0.5, 0.6) is 0 Å². The van der Waals surface area contributed by atoms with E-state index in [1.807, 2.05) is 0 Å². The molecule has 0 atom stereocenters. The van der Waals surface area contributed by atoms with E-state index in [4.69, 9.17) is 17.3 Å². The lowest BCUT2D eigenvalue weighted by Gasteiger charge is -2.35. The van der Waals surface area contributed by atoms with Gasteiger partial charge in [0.1, 0.15) is 0 Å². The summed E-state index contributed by atoms with van der Waals surface area (Å²) >= 11 is 6.62. The topological polar surface area (TPSA) is 26.0 Å². The first kappa shape index (κ1) is 15.4. The Labute approximate surface area is 134 Å². The minimum atomic E-state index is -0.137. The molecule has 0 radical (unpaired) electrons. The third kappa shape index (κ3) is 3.29. The lowest BCUT2D eigenvalue weighted by molar-refractivity contribution is 0.302. The molecule has 2 aliphatic carbocycles. The van der Waals surface area contributed by atoms with Crippen LogP contribution in [0.3, 0.4) is 0 Å². The van der Waals surface area contributed by atoms with Gasteiger partial charge >= 0.3 is 0 Å². The summed E-state index contributed by atoms with van der Waals surface area (Å²) in [5.41, 5.74) is 9.10. The maximum Gasteiger partial charge on any atom is 0.0444 e. The molecule has 0 amide bonds. The molecule has 2 aliphatic rings. The van der Waals surface area contributed by atoms with Gasteiger partial charge in [-0.2, -0.15) is 0 Å². The van der Waals surface area contributed by atoms with Gasteiger partial charge in [-0.15, -0.1) is 0 Å². The van der Waals surface area contributed by atoms with E-state index >= 15 is 0 Å². The molecule has 0 aliphatic heterocycles. The van der Waals surface area contributed by atoms with Crippen LogP contribution >= 0.6 is 11.6 Å². The Morgan fingerprint density at radius 1 is 1.05 bits per heavy atom. The number of nitrogens with two attached hydrogens (primary N) is 1. The van der Waals surface area contributed by atoms with Gasteiger partial charge in [-0.25, -0.2) is 0 Å². The third-order valence-electron chi connectivity index (χ3n) is 5.78. The van der Waals surface area contributed by atoms with Crippen LogP contribution in [0, 0.1) is 5.92 Å². The highest BCUT2D eigenvalue weighted by atomic mass is 35.5. The fraction of sp³-hybridized carbons (Fsp3) is 0.684. The van der Waals surface area contributed by atoms with Gasteiger partial charge < -0.3 is 5.73 Å². The van der Waals surface area contributed by atoms with Crippen LogP contribution in [0.1, 0.15) is 81.8 Å². The molecule has 0 heterocycles. The maximum atomic E-state index is 6.64. The largest absolute Gasteiger partial charge is 0.321 e. The van der Waals surface area contributed by atoms with E-state index in [-0.39, 0.29) is 5.54 Å². The predicted molar refractivity (Wildman–Crippen MR) is 90.8 cm³/mol. The van der Waals surface area contributed by atoms with Crippen LogP contribution in [0.15, 0.2) is 18.2 Å². The first-order chi connectivity index (χ1) is 10.1. The molecule has 0 spiro atoms. The molecule has 3 rings (SSSR count). The van der Waals surface area contributed by atoms with Gasteiger partial charge in [0, 0.05) is 10.6 Å². The Bertz CT molecular complexity index is 482. The molecule has 0 aromatic heterocycles. The minimum Gasteiger partial charge on any atom is -0.321 e. The highest BCUT2D eigenvalue weighted by molar-refractivity contribution is 6.31. The fourth-order valence-electron chi connectivity index (χ4n) is 4.21. The second-order valence-corrected chi connectivity index (χ2v) is 7.82. The highest BCUT2D eigenvalue weighted by Gasteiger charge is 2.30. The van der Waals surface area contributed by atoms with Crippen molar-refractivity contribution in [1.82, 2.24) is 0 Å². The van der Waals surface area contributed by atoms with Crippen LogP contribution in [-0.2, 0) is 5.54 Å². The molecule has 21 heavy (non-hydrogen) atoms. The Balaban J connectivity index is 1.79. The van der Waals surface area contributed by atoms with E-state index in [0.29, 0.717) is 5.92 Å². The van der Waals surface area contributed by atoms with Crippen LogP contribution < -0.4 is 5.73 Å². The molecule has 0 unspecified atom stereocenters. The zero-order valence-electron chi connectivity index (χ0n) is 13.2. The van der Waals surface area contributed by atoms with Crippen molar-refractivity contribution in [3.8, 4) is 0 Å². The average molecular weight is 306 g/mol.